The van der Waals surface area contributed by atoms with Gasteiger partial charge in [-0.15, -0.1) is 0 Å². The van der Waals surface area contributed by atoms with Gasteiger partial charge in [0.2, 0.25) is 5.91 Å². The van der Waals surface area contributed by atoms with E-state index in [1.165, 1.54) is 12.7 Å². The minimum atomic E-state index is -1.73. The number of carbonyl (C=O) groups is 2. The largest absolute Gasteiger partial charge is 0.469 e. The van der Waals surface area contributed by atoms with Crippen molar-refractivity contribution in [2.45, 2.75) is 166 Å². The molecule has 0 spiro atoms. The molecule has 65 heavy (non-hydrogen) atoms. The van der Waals surface area contributed by atoms with Gasteiger partial charge in [-0.05, 0) is 104 Å². The summed E-state index contributed by atoms with van der Waals surface area (Å²) in [5.74, 6) is -0.482. The van der Waals surface area contributed by atoms with Crippen molar-refractivity contribution in [3.05, 3.63) is 47.5 Å². The summed E-state index contributed by atoms with van der Waals surface area (Å²) in [6.45, 7) is 9.90. The summed E-state index contributed by atoms with van der Waals surface area (Å²) in [7, 11) is 1.43. The quantitative estimate of drug-likeness (QED) is 0.0923. The zero-order valence-corrected chi connectivity index (χ0v) is 38.7. The van der Waals surface area contributed by atoms with Gasteiger partial charge in [-0.3, -0.25) is 9.59 Å². The molecule has 9 N–H and O–H groups in total. The van der Waals surface area contributed by atoms with Gasteiger partial charge in [0, 0.05) is 12.0 Å². The third-order valence-corrected chi connectivity index (χ3v) is 18.8. The number of allylic oxidation sites excluding steroid dienone is 2. The lowest BCUT2D eigenvalue weighted by molar-refractivity contribution is -0.357. The number of ether oxygens (including phenoxy) is 5. The van der Waals surface area contributed by atoms with Gasteiger partial charge >= 0.3 is 5.97 Å². The molecule has 6 fully saturated rings. The second-order valence-electron chi connectivity index (χ2n) is 22.0. The maximum absolute atomic E-state index is 14.7. The molecule has 16 heteroatoms. The second kappa shape index (κ2) is 17.7. The predicted octanol–water partition coefficient (Wildman–Crippen LogP) is 1.85. The van der Waals surface area contributed by atoms with Gasteiger partial charge in [0.05, 0.1) is 50.0 Å². The van der Waals surface area contributed by atoms with Crippen molar-refractivity contribution >= 4 is 11.9 Å². The van der Waals surface area contributed by atoms with E-state index in [1.807, 2.05) is 44.2 Å². The van der Waals surface area contributed by atoms with E-state index in [4.69, 9.17) is 23.7 Å². The average Bonchev–Trinajstić information content (AvgIpc) is 3.29. The number of hydrogen-bond acceptors (Lipinski definition) is 15. The number of carbonyl (C=O) groups excluding carboxylic acids is 2. The van der Waals surface area contributed by atoms with Gasteiger partial charge in [-0.25, -0.2) is 0 Å². The molecule has 2 aliphatic heterocycles. The molecule has 1 aromatic carbocycles. The van der Waals surface area contributed by atoms with Crippen LogP contribution < -0.4 is 5.32 Å². The molecule has 0 aromatic heterocycles. The molecule has 2 saturated heterocycles. The monoisotopic (exact) mass is 915 g/mol. The summed E-state index contributed by atoms with van der Waals surface area (Å²) in [6.07, 6.45) is -8.02. The molecule has 0 bridgehead atoms. The van der Waals surface area contributed by atoms with Gasteiger partial charge in [0.1, 0.15) is 42.7 Å². The Morgan fingerprint density at radius 2 is 1.49 bits per heavy atom. The molecular formula is C49H73NO15. The highest BCUT2D eigenvalue weighted by molar-refractivity contribution is 5.85. The number of aliphatic hydroxyl groups excluding tert-OH is 8. The Labute approximate surface area is 381 Å². The van der Waals surface area contributed by atoms with E-state index in [-0.39, 0.29) is 53.7 Å². The van der Waals surface area contributed by atoms with Crippen molar-refractivity contribution in [2.24, 2.45) is 50.2 Å². The minimum absolute atomic E-state index is 0.0285. The number of fused-ring (bicyclic) bond motifs is 7. The lowest BCUT2D eigenvalue weighted by Crippen LogP contribution is -2.69. The molecule has 5 aliphatic carbocycles. The fraction of sp³-hybridized carbons (Fsp3) is 0.796. The summed E-state index contributed by atoms with van der Waals surface area (Å²) in [5.41, 5.74) is -1.30. The molecule has 16 nitrogen and oxygen atoms in total. The maximum Gasteiger partial charge on any atom is 0.311 e. The lowest BCUT2D eigenvalue weighted by Gasteiger charge is -2.72. The van der Waals surface area contributed by atoms with Crippen molar-refractivity contribution in [1.82, 2.24) is 5.32 Å². The van der Waals surface area contributed by atoms with Crippen LogP contribution in [-0.2, 0) is 39.8 Å². The highest BCUT2D eigenvalue weighted by atomic mass is 16.7. The van der Waals surface area contributed by atoms with Crippen LogP contribution in [-0.4, -0.2) is 147 Å². The molecular weight excluding hydrogens is 843 g/mol. The highest BCUT2D eigenvalue weighted by Gasteiger charge is 2.71. The van der Waals surface area contributed by atoms with Gasteiger partial charge in [0.25, 0.3) is 0 Å². The van der Waals surface area contributed by atoms with Crippen LogP contribution in [0.25, 0.3) is 0 Å². The van der Waals surface area contributed by atoms with Crippen molar-refractivity contribution in [3.63, 3.8) is 0 Å². The Hall–Kier alpha value is -2.58. The van der Waals surface area contributed by atoms with Gasteiger partial charge < -0.3 is 69.9 Å². The summed E-state index contributed by atoms with van der Waals surface area (Å²) >= 11 is 0. The third-order valence-electron chi connectivity index (χ3n) is 18.8. The number of esters is 1. The Morgan fingerprint density at radius 1 is 0.800 bits per heavy atom. The first-order chi connectivity index (χ1) is 30.7. The van der Waals surface area contributed by atoms with Crippen molar-refractivity contribution in [1.29, 1.82) is 0 Å². The first-order valence-electron chi connectivity index (χ1n) is 23.7. The van der Waals surface area contributed by atoms with Crippen LogP contribution in [0.1, 0.15) is 98.0 Å². The van der Waals surface area contributed by atoms with Crippen LogP contribution in [0.3, 0.4) is 0 Å². The fourth-order valence-electron chi connectivity index (χ4n) is 14.8. The number of rotatable bonds is 10. The molecule has 8 rings (SSSR count). The SMILES string of the molecule is COC(=O)[C@@]1(C)CC[C@]2(C(=O)NCc3ccccc3)CC[C@]3(C)C(=CC[C@@H]4[C@@]5(C)C[C@H](O)[C@H](O[C@@H]6OC[C@@H](O[C@@H]7O[C@H](CO)[C@@H](O)[C@H](O)[C@H]7O)[C@H](O)[C@H]6O)[C@@](C)(CO)[C@@H]5CC[C@]43C)[C@@H]2C1. The molecule has 364 valence electrons. The summed E-state index contributed by atoms with van der Waals surface area (Å²) in [4.78, 5) is 28.1. The second-order valence-corrected chi connectivity index (χ2v) is 22.0. The molecule has 2 heterocycles. The Bertz CT molecular complexity index is 1940. The van der Waals surface area contributed by atoms with Gasteiger partial charge in [-0.1, -0.05) is 69.7 Å². The molecule has 0 unspecified atom stereocenters. The van der Waals surface area contributed by atoms with E-state index < -0.39 is 95.8 Å². The van der Waals surface area contributed by atoms with E-state index in [2.05, 4.69) is 32.2 Å². The molecule has 1 aromatic rings. The smallest absolute Gasteiger partial charge is 0.311 e. The lowest BCUT2D eigenvalue weighted by atomic mass is 9.33. The highest BCUT2D eigenvalue weighted by Crippen LogP contribution is 2.76. The van der Waals surface area contributed by atoms with Gasteiger partial charge in [0.15, 0.2) is 12.6 Å². The van der Waals surface area contributed by atoms with Crippen LogP contribution in [0.5, 0.6) is 0 Å². The van der Waals surface area contributed by atoms with Crippen LogP contribution in [0.2, 0.25) is 0 Å². The van der Waals surface area contributed by atoms with E-state index >= 15 is 0 Å². The van der Waals surface area contributed by atoms with Crippen LogP contribution >= 0.6 is 0 Å². The molecule has 4 saturated carbocycles. The van der Waals surface area contributed by atoms with Crippen LogP contribution in [0, 0.1) is 50.2 Å². The third kappa shape index (κ3) is 7.65. The molecule has 20 atom stereocenters. The first kappa shape index (κ1) is 48.9. The molecule has 1 amide bonds. The van der Waals surface area contributed by atoms with Gasteiger partial charge in [-0.2, -0.15) is 0 Å². The normalized spacial score (nSPS) is 49.5. The zero-order chi connectivity index (χ0) is 47.1. The Balaban J connectivity index is 1.03. The number of nitrogens with one attached hydrogen (secondary N) is 1. The van der Waals surface area contributed by atoms with Crippen molar-refractivity contribution in [2.75, 3.05) is 26.9 Å². The van der Waals surface area contributed by atoms with E-state index in [0.29, 0.717) is 51.5 Å². The Morgan fingerprint density at radius 3 is 2.17 bits per heavy atom. The zero-order valence-electron chi connectivity index (χ0n) is 38.7. The molecule has 7 aliphatic rings. The standard InChI is InChI=1S/C49H73NO15/c1-44(43(60)61-6)16-18-49(42(59)50-22-26-10-8-7-9-11-26)19-17-47(4)27(28(49)20-44)12-13-33-45(2)21-29(53)39(46(3,25-52)32(45)14-15-48(33,47)5)65-40-37(57)35(55)31(24-62-40)64-41-38(58)36(56)34(54)30(23-51)63-41/h7-12,28-41,51-58H,13-25H2,1-6H3,(H,50,59)/t28-,29-,30+,31+,32+,33+,34+,35-,36-,37+,38+,39-,40-,41-,44-,45-,46-,47+,48+,49-/m0/s1. The predicted molar refractivity (Wildman–Crippen MR) is 232 cm³/mol. The van der Waals surface area contributed by atoms with E-state index in [9.17, 15) is 50.4 Å². The van der Waals surface area contributed by atoms with E-state index in [1.54, 1.807) is 0 Å². The average molecular weight is 916 g/mol. The number of amides is 1. The van der Waals surface area contributed by atoms with Crippen molar-refractivity contribution in [3.8, 4) is 0 Å². The summed E-state index contributed by atoms with van der Waals surface area (Å²) < 4.78 is 28.9. The van der Waals surface area contributed by atoms with Crippen LogP contribution in [0.15, 0.2) is 42.0 Å². The number of methoxy groups -OCH3 is 1. The summed E-state index contributed by atoms with van der Waals surface area (Å²) in [6, 6.07) is 9.89. The number of benzene rings is 1. The summed E-state index contributed by atoms with van der Waals surface area (Å²) in [5, 5.41) is 89.9. The number of aliphatic hydroxyl groups is 8. The maximum atomic E-state index is 14.7. The van der Waals surface area contributed by atoms with Crippen LogP contribution in [0.4, 0.5) is 0 Å². The minimum Gasteiger partial charge on any atom is -0.469 e. The molecule has 0 radical (unpaired) electrons. The first-order valence-corrected chi connectivity index (χ1v) is 23.7. The topological polar surface area (TPSA) is 254 Å². The fourth-order valence-corrected chi connectivity index (χ4v) is 14.8. The Kier molecular flexibility index (Phi) is 13.3. The number of hydrogen-bond donors (Lipinski definition) is 9. The van der Waals surface area contributed by atoms with E-state index in [0.717, 1.165) is 18.4 Å². The van der Waals surface area contributed by atoms with Crippen molar-refractivity contribution < 1.29 is 74.1 Å².